The number of fused-ring (bicyclic) bond motifs is 1. The first kappa shape index (κ1) is 14.3. The van der Waals surface area contributed by atoms with Crippen molar-refractivity contribution in [3.63, 3.8) is 0 Å². The number of aromatic nitrogens is 1. The molecule has 1 heterocycles. The van der Waals surface area contributed by atoms with E-state index in [0.29, 0.717) is 11.5 Å². The van der Waals surface area contributed by atoms with Gasteiger partial charge in [0.15, 0.2) is 0 Å². The molecule has 2 aromatic carbocycles. The monoisotopic (exact) mass is 313 g/mol. The van der Waals surface area contributed by atoms with Gasteiger partial charge in [-0.15, -0.1) is 0 Å². The molecule has 0 saturated carbocycles. The molecule has 0 bridgehead atoms. The van der Waals surface area contributed by atoms with Gasteiger partial charge < -0.3 is 5.73 Å². The zero-order chi connectivity index (χ0) is 15.7. The molecule has 3 rings (SSSR count). The molecule has 0 fully saturated rings. The van der Waals surface area contributed by atoms with E-state index in [9.17, 15) is 8.42 Å². The molecule has 22 heavy (non-hydrogen) atoms. The van der Waals surface area contributed by atoms with E-state index in [4.69, 9.17) is 5.73 Å². The van der Waals surface area contributed by atoms with Gasteiger partial charge in [0.05, 0.1) is 6.26 Å². The van der Waals surface area contributed by atoms with Gasteiger partial charge in [0.2, 0.25) is 10.0 Å². The average Bonchev–Trinajstić information content (AvgIpc) is 2.47. The maximum atomic E-state index is 11.2. The molecular weight excluding hydrogens is 298 g/mol. The molecule has 0 spiro atoms. The maximum absolute atomic E-state index is 11.2. The first-order valence-corrected chi connectivity index (χ1v) is 8.54. The van der Waals surface area contributed by atoms with Crippen LogP contribution in [0.15, 0.2) is 54.7 Å². The van der Waals surface area contributed by atoms with Crippen LogP contribution in [0, 0.1) is 0 Å². The van der Waals surface area contributed by atoms with Gasteiger partial charge in [-0.1, -0.05) is 24.3 Å². The topological polar surface area (TPSA) is 85.1 Å². The minimum atomic E-state index is -3.26. The van der Waals surface area contributed by atoms with Crippen molar-refractivity contribution < 1.29 is 8.42 Å². The van der Waals surface area contributed by atoms with Crippen molar-refractivity contribution in [1.82, 2.24) is 4.98 Å². The fourth-order valence-corrected chi connectivity index (χ4v) is 2.88. The second-order valence-corrected chi connectivity index (χ2v) is 6.83. The van der Waals surface area contributed by atoms with E-state index in [0.717, 1.165) is 28.2 Å². The highest BCUT2D eigenvalue weighted by molar-refractivity contribution is 7.92. The van der Waals surface area contributed by atoms with Gasteiger partial charge in [-0.25, -0.2) is 13.4 Å². The number of pyridine rings is 1. The van der Waals surface area contributed by atoms with Crippen molar-refractivity contribution in [2.75, 3.05) is 16.7 Å². The van der Waals surface area contributed by atoms with Crippen LogP contribution in [0.1, 0.15) is 0 Å². The summed E-state index contributed by atoms with van der Waals surface area (Å²) in [6.45, 7) is 0. The summed E-state index contributed by atoms with van der Waals surface area (Å²) >= 11 is 0. The van der Waals surface area contributed by atoms with Gasteiger partial charge in [-0.3, -0.25) is 4.72 Å². The summed E-state index contributed by atoms with van der Waals surface area (Å²) in [5, 5.41) is 1.94. The van der Waals surface area contributed by atoms with Crippen LogP contribution >= 0.6 is 0 Å². The lowest BCUT2D eigenvalue weighted by molar-refractivity contribution is 0.607. The van der Waals surface area contributed by atoms with E-state index in [-0.39, 0.29) is 0 Å². The molecule has 0 radical (unpaired) electrons. The Morgan fingerprint density at radius 2 is 1.68 bits per heavy atom. The number of benzene rings is 2. The van der Waals surface area contributed by atoms with Crippen molar-refractivity contribution >= 4 is 32.3 Å². The van der Waals surface area contributed by atoms with Crippen LogP contribution in [0.25, 0.3) is 21.9 Å². The lowest BCUT2D eigenvalue weighted by atomic mass is 10.0. The Balaban J connectivity index is 1.99. The van der Waals surface area contributed by atoms with Gasteiger partial charge in [0.1, 0.15) is 5.82 Å². The predicted octanol–water partition coefficient (Wildman–Crippen LogP) is 2.86. The van der Waals surface area contributed by atoms with Crippen LogP contribution in [-0.2, 0) is 10.0 Å². The Bertz CT molecular complexity index is 935. The number of anilines is 2. The molecule has 6 heteroatoms. The SMILES string of the molecule is CS(=O)(=O)Nc1ccc(-c2ccc3ccnc(N)c3c2)cc1. The van der Waals surface area contributed by atoms with Gasteiger partial charge in [-0.2, -0.15) is 0 Å². The molecule has 0 aliphatic heterocycles. The summed E-state index contributed by atoms with van der Waals surface area (Å²) in [5.41, 5.74) is 8.42. The van der Waals surface area contributed by atoms with Crippen LogP contribution in [0.5, 0.6) is 0 Å². The Morgan fingerprint density at radius 1 is 1.00 bits per heavy atom. The summed E-state index contributed by atoms with van der Waals surface area (Å²) in [4.78, 5) is 4.10. The molecule has 0 unspecified atom stereocenters. The smallest absolute Gasteiger partial charge is 0.229 e. The third-order valence-corrected chi connectivity index (χ3v) is 3.92. The minimum absolute atomic E-state index is 0.495. The van der Waals surface area contributed by atoms with Crippen LogP contribution in [0.3, 0.4) is 0 Å². The lowest BCUT2D eigenvalue weighted by Crippen LogP contribution is -2.09. The molecule has 5 nitrogen and oxygen atoms in total. The van der Waals surface area contributed by atoms with Gasteiger partial charge in [0, 0.05) is 17.3 Å². The molecule has 0 aliphatic carbocycles. The van der Waals surface area contributed by atoms with E-state index >= 15 is 0 Å². The van der Waals surface area contributed by atoms with Crippen LogP contribution in [0.4, 0.5) is 11.5 Å². The van der Waals surface area contributed by atoms with E-state index in [1.807, 2.05) is 36.4 Å². The lowest BCUT2D eigenvalue weighted by Gasteiger charge is -2.08. The van der Waals surface area contributed by atoms with Crippen molar-refractivity contribution in [3.05, 3.63) is 54.7 Å². The molecule has 0 atom stereocenters. The zero-order valence-corrected chi connectivity index (χ0v) is 12.8. The summed E-state index contributed by atoms with van der Waals surface area (Å²) in [6.07, 6.45) is 2.81. The second kappa shape index (κ2) is 5.31. The Labute approximate surface area is 128 Å². The Hall–Kier alpha value is -2.60. The van der Waals surface area contributed by atoms with Crippen molar-refractivity contribution in [3.8, 4) is 11.1 Å². The van der Waals surface area contributed by atoms with E-state index in [1.165, 1.54) is 0 Å². The molecule has 112 valence electrons. The Morgan fingerprint density at radius 3 is 2.36 bits per heavy atom. The summed E-state index contributed by atoms with van der Waals surface area (Å²) in [6, 6.07) is 15.1. The van der Waals surface area contributed by atoms with Gasteiger partial charge in [0.25, 0.3) is 0 Å². The molecular formula is C16H15N3O2S. The normalized spacial score (nSPS) is 11.5. The summed E-state index contributed by atoms with van der Waals surface area (Å²) < 4.78 is 24.9. The highest BCUT2D eigenvalue weighted by atomic mass is 32.2. The number of nitrogens with two attached hydrogens (primary N) is 1. The van der Waals surface area contributed by atoms with Gasteiger partial charge in [-0.05, 0) is 40.8 Å². The molecule has 0 aliphatic rings. The fraction of sp³-hybridized carbons (Fsp3) is 0.0625. The minimum Gasteiger partial charge on any atom is -0.383 e. The molecule has 0 amide bonds. The third kappa shape index (κ3) is 3.01. The summed E-state index contributed by atoms with van der Waals surface area (Å²) in [5.74, 6) is 0.495. The number of rotatable bonds is 3. The molecule has 1 aromatic heterocycles. The second-order valence-electron chi connectivity index (χ2n) is 5.08. The first-order valence-electron chi connectivity index (χ1n) is 6.65. The van der Waals surface area contributed by atoms with Crippen molar-refractivity contribution in [2.45, 2.75) is 0 Å². The standard InChI is InChI=1S/C16H15N3O2S/c1-22(20,21)19-14-6-4-11(5-7-14)13-3-2-12-8-9-18-16(17)15(12)10-13/h2-10,19H,1H3,(H2,17,18). The first-order chi connectivity index (χ1) is 10.4. The predicted molar refractivity (Wildman–Crippen MR) is 90.1 cm³/mol. The quantitative estimate of drug-likeness (QED) is 0.778. The van der Waals surface area contributed by atoms with Crippen LogP contribution < -0.4 is 10.5 Å². The van der Waals surface area contributed by atoms with Crippen molar-refractivity contribution in [2.24, 2.45) is 0 Å². The van der Waals surface area contributed by atoms with E-state index in [2.05, 4.69) is 9.71 Å². The highest BCUT2D eigenvalue weighted by Crippen LogP contribution is 2.27. The zero-order valence-electron chi connectivity index (χ0n) is 11.9. The number of nitrogens with zero attached hydrogens (tertiary/aromatic N) is 1. The maximum Gasteiger partial charge on any atom is 0.229 e. The molecule has 3 aromatic rings. The molecule has 0 saturated heterocycles. The van der Waals surface area contributed by atoms with Crippen molar-refractivity contribution in [1.29, 1.82) is 0 Å². The number of nitrogen functional groups attached to an aromatic ring is 1. The largest absolute Gasteiger partial charge is 0.383 e. The van der Waals surface area contributed by atoms with E-state index < -0.39 is 10.0 Å². The van der Waals surface area contributed by atoms with Crippen LogP contribution in [0.2, 0.25) is 0 Å². The van der Waals surface area contributed by atoms with Crippen LogP contribution in [-0.4, -0.2) is 19.7 Å². The number of hydrogen-bond acceptors (Lipinski definition) is 4. The third-order valence-electron chi connectivity index (χ3n) is 3.32. The number of sulfonamides is 1. The highest BCUT2D eigenvalue weighted by Gasteiger charge is 2.05. The Kier molecular flexibility index (Phi) is 3.46. The molecule has 3 N–H and O–H groups in total. The van der Waals surface area contributed by atoms with E-state index in [1.54, 1.807) is 18.3 Å². The number of nitrogens with one attached hydrogen (secondary N) is 1. The van der Waals surface area contributed by atoms with Gasteiger partial charge >= 0.3 is 0 Å². The fourth-order valence-electron chi connectivity index (χ4n) is 2.32. The summed E-state index contributed by atoms with van der Waals surface area (Å²) in [7, 11) is -3.26. The average molecular weight is 313 g/mol. The number of hydrogen-bond donors (Lipinski definition) is 2.